The summed E-state index contributed by atoms with van der Waals surface area (Å²) in [5.74, 6) is 0.0179. The van der Waals surface area contributed by atoms with E-state index in [0.717, 1.165) is 30.8 Å². The van der Waals surface area contributed by atoms with Gasteiger partial charge in [-0.25, -0.2) is 0 Å². The van der Waals surface area contributed by atoms with Crippen LogP contribution in [-0.4, -0.2) is 41.6 Å². The monoisotopic (exact) mass is 269 g/mol. The summed E-state index contributed by atoms with van der Waals surface area (Å²) in [6, 6.07) is 11.9. The Labute approximate surface area is 119 Å². The topological polar surface area (TPSA) is 37.3 Å². The van der Waals surface area contributed by atoms with Crippen LogP contribution in [0.25, 0.3) is 5.69 Å². The van der Waals surface area contributed by atoms with Gasteiger partial charge in [0.2, 0.25) is 0 Å². The van der Waals surface area contributed by atoms with Crippen LogP contribution in [0.3, 0.4) is 0 Å². The van der Waals surface area contributed by atoms with Gasteiger partial charge in [-0.05, 0) is 56.4 Å². The minimum Gasteiger partial charge on any atom is -0.348 e. The molecule has 0 saturated carbocycles. The molecule has 1 N–H and O–H groups in total. The molecule has 104 valence electrons. The van der Waals surface area contributed by atoms with Crippen molar-refractivity contribution in [3.05, 3.63) is 54.4 Å². The maximum Gasteiger partial charge on any atom is 0.251 e. The van der Waals surface area contributed by atoms with Crippen molar-refractivity contribution < 1.29 is 4.79 Å². The van der Waals surface area contributed by atoms with Gasteiger partial charge < -0.3 is 14.8 Å². The van der Waals surface area contributed by atoms with Crippen LogP contribution < -0.4 is 5.32 Å². The lowest BCUT2D eigenvalue weighted by atomic mass is 10.1. The molecule has 1 aliphatic heterocycles. The molecule has 1 fully saturated rings. The number of nitrogens with one attached hydrogen (secondary N) is 1. The average Bonchev–Trinajstić information content (AvgIpc) is 3.11. The second-order valence-corrected chi connectivity index (χ2v) is 5.36. The van der Waals surface area contributed by atoms with Crippen LogP contribution in [0.4, 0.5) is 0 Å². The first-order valence-electron chi connectivity index (χ1n) is 6.95. The summed E-state index contributed by atoms with van der Waals surface area (Å²) in [6.07, 6.45) is 5.01. The molecule has 2 aromatic rings. The van der Waals surface area contributed by atoms with Gasteiger partial charge in [-0.15, -0.1) is 0 Å². The minimum absolute atomic E-state index is 0.0179. The molecule has 0 radical (unpaired) electrons. The van der Waals surface area contributed by atoms with Crippen molar-refractivity contribution in [2.45, 2.75) is 12.5 Å². The lowest BCUT2D eigenvalue weighted by Crippen LogP contribution is -2.36. The highest BCUT2D eigenvalue weighted by molar-refractivity contribution is 5.94. The summed E-state index contributed by atoms with van der Waals surface area (Å²) >= 11 is 0. The zero-order valence-electron chi connectivity index (χ0n) is 11.6. The molecule has 0 spiro atoms. The molecule has 0 aliphatic carbocycles. The number of nitrogens with zero attached hydrogens (tertiary/aromatic N) is 2. The molecule has 3 rings (SSSR count). The Morgan fingerprint density at radius 1 is 1.20 bits per heavy atom. The van der Waals surface area contributed by atoms with E-state index < -0.39 is 0 Å². The Morgan fingerprint density at radius 2 is 1.90 bits per heavy atom. The van der Waals surface area contributed by atoms with Crippen LogP contribution >= 0.6 is 0 Å². The van der Waals surface area contributed by atoms with E-state index in [9.17, 15) is 4.79 Å². The van der Waals surface area contributed by atoms with E-state index in [1.165, 1.54) is 0 Å². The third-order valence-corrected chi connectivity index (χ3v) is 3.76. The summed E-state index contributed by atoms with van der Waals surface area (Å²) in [4.78, 5) is 14.4. The molecule has 1 aromatic carbocycles. The molecule has 1 unspecified atom stereocenters. The first kappa shape index (κ1) is 12.9. The number of hydrogen-bond donors (Lipinski definition) is 1. The second-order valence-electron chi connectivity index (χ2n) is 5.36. The molecule has 2 heterocycles. The van der Waals surface area contributed by atoms with Gasteiger partial charge in [0.15, 0.2) is 0 Å². The number of aromatic nitrogens is 1. The van der Waals surface area contributed by atoms with Crippen LogP contribution in [0.5, 0.6) is 0 Å². The summed E-state index contributed by atoms with van der Waals surface area (Å²) in [5.41, 5.74) is 1.78. The molecule has 1 amide bonds. The van der Waals surface area contributed by atoms with Crippen molar-refractivity contribution >= 4 is 5.91 Å². The zero-order chi connectivity index (χ0) is 13.9. The molecule has 20 heavy (non-hydrogen) atoms. The molecule has 1 aliphatic rings. The van der Waals surface area contributed by atoms with E-state index in [4.69, 9.17) is 0 Å². The highest BCUT2D eigenvalue weighted by atomic mass is 16.1. The molecule has 1 aromatic heterocycles. The molecule has 4 heteroatoms. The van der Waals surface area contributed by atoms with Crippen LogP contribution in [0.15, 0.2) is 48.8 Å². The number of rotatable bonds is 3. The fourth-order valence-corrected chi connectivity index (χ4v) is 2.61. The molecule has 1 atom stereocenters. The lowest BCUT2D eigenvalue weighted by molar-refractivity contribution is 0.0938. The molecular weight excluding hydrogens is 250 g/mol. The van der Waals surface area contributed by atoms with Crippen LogP contribution in [0, 0.1) is 0 Å². The number of likely N-dealkylation sites (tertiary alicyclic amines) is 1. The summed E-state index contributed by atoms with van der Waals surface area (Å²) in [6.45, 7) is 1.99. The largest absolute Gasteiger partial charge is 0.348 e. The quantitative estimate of drug-likeness (QED) is 0.924. The number of amides is 1. The predicted octanol–water partition coefficient (Wildman–Crippen LogP) is 1.91. The third kappa shape index (κ3) is 2.75. The summed E-state index contributed by atoms with van der Waals surface area (Å²) in [5, 5.41) is 3.09. The Hall–Kier alpha value is -2.07. The number of carbonyl (C=O) groups excluding carboxylic acids is 1. The van der Waals surface area contributed by atoms with Gasteiger partial charge in [0.05, 0.1) is 0 Å². The summed E-state index contributed by atoms with van der Waals surface area (Å²) in [7, 11) is 2.08. The SMILES string of the molecule is CN1CCC(NC(=O)c2ccc(-n3cccc3)cc2)C1. The Morgan fingerprint density at radius 3 is 2.50 bits per heavy atom. The first-order valence-corrected chi connectivity index (χ1v) is 6.95. The Kier molecular flexibility index (Phi) is 3.56. The number of carbonyl (C=O) groups is 1. The van der Waals surface area contributed by atoms with Crippen molar-refractivity contribution in [2.75, 3.05) is 20.1 Å². The second kappa shape index (κ2) is 5.51. The maximum atomic E-state index is 12.2. The van der Waals surface area contributed by atoms with E-state index in [1.54, 1.807) is 0 Å². The average molecular weight is 269 g/mol. The summed E-state index contributed by atoms with van der Waals surface area (Å²) < 4.78 is 2.02. The van der Waals surface area contributed by atoms with E-state index in [-0.39, 0.29) is 11.9 Å². The third-order valence-electron chi connectivity index (χ3n) is 3.76. The number of likely N-dealkylation sites (N-methyl/N-ethyl adjacent to an activating group) is 1. The maximum absolute atomic E-state index is 12.2. The molecule has 4 nitrogen and oxygen atoms in total. The number of hydrogen-bond acceptors (Lipinski definition) is 2. The van der Waals surface area contributed by atoms with Gasteiger partial charge >= 0.3 is 0 Å². The van der Waals surface area contributed by atoms with E-state index >= 15 is 0 Å². The minimum atomic E-state index is 0.0179. The van der Waals surface area contributed by atoms with Gasteiger partial charge in [0.1, 0.15) is 0 Å². The van der Waals surface area contributed by atoms with Crippen molar-refractivity contribution in [1.29, 1.82) is 0 Å². The van der Waals surface area contributed by atoms with Gasteiger partial charge in [-0.3, -0.25) is 4.79 Å². The van der Waals surface area contributed by atoms with Crippen LogP contribution in [0.2, 0.25) is 0 Å². The van der Waals surface area contributed by atoms with Gasteiger partial charge in [0.25, 0.3) is 5.91 Å². The van der Waals surface area contributed by atoms with E-state index in [2.05, 4.69) is 17.3 Å². The van der Waals surface area contributed by atoms with Crippen molar-refractivity contribution in [3.63, 3.8) is 0 Å². The zero-order valence-corrected chi connectivity index (χ0v) is 11.6. The standard InChI is InChI=1S/C16H19N3O/c1-18-11-8-14(12-18)17-16(20)13-4-6-15(7-5-13)19-9-2-3-10-19/h2-7,9-10,14H,8,11-12H2,1H3,(H,17,20). The molecule has 0 bridgehead atoms. The number of benzene rings is 1. The van der Waals surface area contributed by atoms with Gasteiger partial charge in [0, 0.05) is 36.2 Å². The van der Waals surface area contributed by atoms with Crippen molar-refractivity contribution in [2.24, 2.45) is 0 Å². The smallest absolute Gasteiger partial charge is 0.251 e. The van der Waals surface area contributed by atoms with Gasteiger partial charge in [-0.1, -0.05) is 0 Å². The normalized spacial score (nSPS) is 19.1. The van der Waals surface area contributed by atoms with E-state index in [0.29, 0.717) is 0 Å². The first-order chi connectivity index (χ1) is 9.72. The van der Waals surface area contributed by atoms with Crippen LogP contribution in [0.1, 0.15) is 16.8 Å². The van der Waals surface area contributed by atoms with Gasteiger partial charge in [-0.2, -0.15) is 0 Å². The van der Waals surface area contributed by atoms with Crippen molar-refractivity contribution in [3.8, 4) is 5.69 Å². The highest BCUT2D eigenvalue weighted by Crippen LogP contribution is 2.11. The lowest BCUT2D eigenvalue weighted by Gasteiger charge is -2.13. The fourth-order valence-electron chi connectivity index (χ4n) is 2.61. The Bertz CT molecular complexity index is 574. The predicted molar refractivity (Wildman–Crippen MR) is 79.1 cm³/mol. The Balaban J connectivity index is 1.66. The van der Waals surface area contributed by atoms with E-state index in [1.807, 2.05) is 53.4 Å². The molecule has 1 saturated heterocycles. The molecular formula is C16H19N3O. The van der Waals surface area contributed by atoms with Crippen molar-refractivity contribution in [1.82, 2.24) is 14.8 Å². The van der Waals surface area contributed by atoms with Crippen LogP contribution in [-0.2, 0) is 0 Å². The fraction of sp³-hybridized carbons (Fsp3) is 0.312. The highest BCUT2D eigenvalue weighted by Gasteiger charge is 2.21.